The lowest BCUT2D eigenvalue weighted by atomic mass is 10.3. The van der Waals surface area contributed by atoms with Crippen molar-refractivity contribution in [3.05, 3.63) is 52.7 Å². The highest BCUT2D eigenvalue weighted by molar-refractivity contribution is 9.14. The minimum absolute atomic E-state index is 0.721. The molecule has 2 rings (SSSR count). The SMILES string of the molecule is Brc1ccc(Oc2c(Br)c(Br)cc(Br)c2Br)cc1. The monoisotopic (exact) mass is 560 g/mol. The van der Waals surface area contributed by atoms with Crippen LogP contribution < -0.4 is 4.74 Å². The molecule has 2 aromatic rings. The minimum atomic E-state index is 0.721. The van der Waals surface area contributed by atoms with E-state index in [1.807, 2.05) is 30.3 Å². The quantitative estimate of drug-likeness (QED) is 0.348. The summed E-state index contributed by atoms with van der Waals surface area (Å²) >= 11 is 17.3. The molecule has 0 heterocycles. The third-order valence-electron chi connectivity index (χ3n) is 2.11. The van der Waals surface area contributed by atoms with Gasteiger partial charge in [0.05, 0.1) is 8.95 Å². The zero-order valence-electron chi connectivity index (χ0n) is 8.68. The van der Waals surface area contributed by atoms with Gasteiger partial charge in [-0.15, -0.1) is 0 Å². The Hall–Kier alpha value is 0.640. The van der Waals surface area contributed by atoms with E-state index in [9.17, 15) is 0 Å². The second-order valence-electron chi connectivity index (χ2n) is 3.35. The number of halogens is 5. The van der Waals surface area contributed by atoms with Crippen molar-refractivity contribution in [1.82, 2.24) is 0 Å². The summed E-state index contributed by atoms with van der Waals surface area (Å²) in [6.45, 7) is 0. The summed E-state index contributed by atoms with van der Waals surface area (Å²) < 4.78 is 10.5. The number of hydrogen-bond acceptors (Lipinski definition) is 1. The summed E-state index contributed by atoms with van der Waals surface area (Å²) in [4.78, 5) is 0. The van der Waals surface area contributed by atoms with Crippen molar-refractivity contribution in [2.24, 2.45) is 0 Å². The van der Waals surface area contributed by atoms with E-state index in [0.717, 1.165) is 33.9 Å². The number of benzene rings is 2. The smallest absolute Gasteiger partial charge is 0.158 e. The lowest BCUT2D eigenvalue weighted by Gasteiger charge is -2.12. The molecule has 0 amide bonds. The fourth-order valence-corrected chi connectivity index (χ4v) is 3.70. The normalized spacial score (nSPS) is 10.5. The van der Waals surface area contributed by atoms with E-state index in [4.69, 9.17) is 4.74 Å². The second-order valence-corrected chi connectivity index (χ2v) is 7.56. The van der Waals surface area contributed by atoms with Gasteiger partial charge in [0.1, 0.15) is 5.75 Å². The summed E-state index contributed by atoms with van der Waals surface area (Å²) in [5, 5.41) is 0. The van der Waals surface area contributed by atoms with Crippen molar-refractivity contribution < 1.29 is 4.74 Å². The minimum Gasteiger partial charge on any atom is -0.455 e. The van der Waals surface area contributed by atoms with E-state index >= 15 is 0 Å². The molecular formula is C12H5Br5O. The first kappa shape index (κ1) is 15.0. The Morgan fingerprint density at radius 1 is 0.722 bits per heavy atom. The van der Waals surface area contributed by atoms with Crippen LogP contribution in [-0.4, -0.2) is 0 Å². The Kier molecular flexibility index (Phi) is 5.34. The van der Waals surface area contributed by atoms with E-state index in [1.54, 1.807) is 0 Å². The van der Waals surface area contributed by atoms with Crippen LogP contribution in [0.2, 0.25) is 0 Å². The maximum absolute atomic E-state index is 5.88. The van der Waals surface area contributed by atoms with Crippen molar-refractivity contribution in [3.63, 3.8) is 0 Å². The van der Waals surface area contributed by atoms with Gasteiger partial charge in [-0.25, -0.2) is 0 Å². The van der Waals surface area contributed by atoms with Gasteiger partial charge in [0.15, 0.2) is 5.75 Å². The van der Waals surface area contributed by atoms with Gasteiger partial charge in [0, 0.05) is 13.4 Å². The number of rotatable bonds is 2. The summed E-state index contributed by atoms with van der Waals surface area (Å²) in [6.07, 6.45) is 0. The predicted octanol–water partition coefficient (Wildman–Crippen LogP) is 7.29. The lowest BCUT2D eigenvalue weighted by Crippen LogP contribution is -1.89. The molecule has 94 valence electrons. The van der Waals surface area contributed by atoms with Crippen molar-refractivity contribution in [1.29, 1.82) is 0 Å². The second kappa shape index (κ2) is 6.39. The van der Waals surface area contributed by atoms with Crippen molar-refractivity contribution in [2.45, 2.75) is 0 Å². The van der Waals surface area contributed by atoms with Crippen molar-refractivity contribution in [2.75, 3.05) is 0 Å². The molecule has 0 N–H and O–H groups in total. The highest BCUT2D eigenvalue weighted by atomic mass is 79.9. The van der Waals surface area contributed by atoms with E-state index in [0.29, 0.717) is 0 Å². The molecule has 0 aromatic heterocycles. The molecule has 0 aliphatic heterocycles. The van der Waals surface area contributed by atoms with Crippen LogP contribution in [0.5, 0.6) is 11.5 Å². The first-order valence-corrected chi connectivity index (χ1v) is 8.72. The average Bonchev–Trinajstić information content (AvgIpc) is 2.34. The summed E-state index contributed by atoms with van der Waals surface area (Å²) in [6, 6.07) is 9.62. The Labute approximate surface area is 147 Å². The zero-order chi connectivity index (χ0) is 13.3. The molecule has 1 nitrogen and oxygen atoms in total. The Balaban J connectivity index is 2.42. The molecule has 0 saturated carbocycles. The lowest BCUT2D eigenvalue weighted by molar-refractivity contribution is 0.475. The topological polar surface area (TPSA) is 9.23 Å². The van der Waals surface area contributed by atoms with Gasteiger partial charge in [0.2, 0.25) is 0 Å². The third kappa shape index (κ3) is 3.39. The van der Waals surface area contributed by atoms with Gasteiger partial charge in [-0.3, -0.25) is 0 Å². The first-order chi connectivity index (χ1) is 8.49. The molecule has 0 radical (unpaired) electrons. The molecule has 0 fully saturated rings. The maximum atomic E-state index is 5.88. The van der Waals surface area contributed by atoms with Crippen LogP contribution in [-0.2, 0) is 0 Å². The largest absolute Gasteiger partial charge is 0.455 e. The summed E-state index contributed by atoms with van der Waals surface area (Å²) in [5.74, 6) is 1.49. The molecule has 2 aromatic carbocycles. The van der Waals surface area contributed by atoms with E-state index < -0.39 is 0 Å². The third-order valence-corrected chi connectivity index (χ3v) is 6.52. The van der Waals surface area contributed by atoms with Gasteiger partial charge < -0.3 is 4.74 Å². The molecule has 0 aliphatic rings. The van der Waals surface area contributed by atoms with Crippen LogP contribution >= 0.6 is 79.6 Å². The molecule has 0 unspecified atom stereocenters. The van der Waals surface area contributed by atoms with E-state index in [-0.39, 0.29) is 0 Å². The van der Waals surface area contributed by atoms with Crippen molar-refractivity contribution in [3.8, 4) is 11.5 Å². The molecule has 0 saturated heterocycles. The summed E-state index contributed by atoms with van der Waals surface area (Å²) in [7, 11) is 0. The highest BCUT2D eigenvalue weighted by Crippen LogP contribution is 2.45. The maximum Gasteiger partial charge on any atom is 0.158 e. The van der Waals surface area contributed by atoms with Crippen LogP contribution in [0.1, 0.15) is 0 Å². The Bertz CT molecular complexity index is 554. The fourth-order valence-electron chi connectivity index (χ4n) is 1.26. The van der Waals surface area contributed by atoms with Crippen LogP contribution in [0, 0.1) is 0 Å². The molecule has 0 aliphatic carbocycles. The summed E-state index contributed by atoms with van der Waals surface area (Å²) in [5.41, 5.74) is 0. The van der Waals surface area contributed by atoms with Gasteiger partial charge >= 0.3 is 0 Å². The molecule has 6 heteroatoms. The molecular weight excluding hydrogens is 560 g/mol. The predicted molar refractivity (Wildman–Crippen MR) is 91.5 cm³/mol. The standard InChI is InChI=1S/C12H5Br5O/c13-6-1-3-7(4-2-6)18-12-10(16)8(14)5-9(15)11(12)17/h1-5H. The fraction of sp³-hybridized carbons (Fsp3) is 0. The van der Waals surface area contributed by atoms with Gasteiger partial charge in [-0.05, 0) is 94.1 Å². The van der Waals surface area contributed by atoms with Crippen LogP contribution in [0.3, 0.4) is 0 Å². The van der Waals surface area contributed by atoms with E-state index in [1.165, 1.54) is 0 Å². The van der Waals surface area contributed by atoms with Crippen LogP contribution in [0.4, 0.5) is 0 Å². The van der Waals surface area contributed by atoms with Gasteiger partial charge in [0.25, 0.3) is 0 Å². The van der Waals surface area contributed by atoms with E-state index in [2.05, 4.69) is 79.6 Å². The zero-order valence-corrected chi connectivity index (χ0v) is 16.6. The Morgan fingerprint density at radius 2 is 1.22 bits per heavy atom. The Morgan fingerprint density at radius 3 is 1.72 bits per heavy atom. The molecule has 0 spiro atoms. The van der Waals surface area contributed by atoms with Crippen molar-refractivity contribution >= 4 is 79.6 Å². The molecule has 0 bridgehead atoms. The number of ether oxygens (including phenoxy) is 1. The van der Waals surface area contributed by atoms with Gasteiger partial charge in [-0.1, -0.05) is 15.9 Å². The molecule has 18 heavy (non-hydrogen) atoms. The van der Waals surface area contributed by atoms with Gasteiger partial charge in [-0.2, -0.15) is 0 Å². The van der Waals surface area contributed by atoms with Crippen LogP contribution in [0.25, 0.3) is 0 Å². The van der Waals surface area contributed by atoms with Crippen LogP contribution in [0.15, 0.2) is 52.7 Å². The average molecular weight is 565 g/mol. The molecule has 0 atom stereocenters. The first-order valence-electron chi connectivity index (χ1n) is 4.75. The highest BCUT2D eigenvalue weighted by Gasteiger charge is 2.14. The number of hydrogen-bond donors (Lipinski definition) is 0.